The highest BCUT2D eigenvalue weighted by atomic mass is 79.9. The number of methoxy groups -OCH3 is 1. The lowest BCUT2D eigenvalue weighted by atomic mass is 10.1. The summed E-state index contributed by atoms with van der Waals surface area (Å²) in [6.07, 6.45) is 2.04. The summed E-state index contributed by atoms with van der Waals surface area (Å²) in [7, 11) is 1.60. The summed E-state index contributed by atoms with van der Waals surface area (Å²) in [4.78, 5) is 13.5. The third kappa shape index (κ3) is 4.05. The minimum Gasteiger partial charge on any atom is -0.496 e. The molecule has 0 aliphatic heterocycles. The minimum atomic E-state index is -0.107. The fourth-order valence-corrected chi connectivity index (χ4v) is 3.01. The van der Waals surface area contributed by atoms with Crippen LogP contribution in [0.2, 0.25) is 0 Å². The van der Waals surface area contributed by atoms with Gasteiger partial charge in [0.2, 0.25) is 0 Å². The van der Waals surface area contributed by atoms with Crippen LogP contribution in [0.5, 0.6) is 5.75 Å². The Morgan fingerprint density at radius 2 is 1.91 bits per heavy atom. The fraction of sp³-hybridized carbons (Fsp3) is 0.235. The van der Waals surface area contributed by atoms with Crippen LogP contribution in [0.4, 0.5) is 0 Å². The Kier molecular flexibility index (Phi) is 5.91. The Bertz CT molecular complexity index is 658. The molecule has 1 atom stereocenters. The van der Waals surface area contributed by atoms with Crippen molar-refractivity contribution in [2.45, 2.75) is 17.9 Å². The molecule has 116 valence electrons. The highest BCUT2D eigenvalue weighted by molar-refractivity contribution is 9.10. The highest BCUT2D eigenvalue weighted by Gasteiger charge is 2.13. The Balaban J connectivity index is 2.08. The third-order valence-corrected chi connectivity index (χ3v) is 4.74. The van der Waals surface area contributed by atoms with Crippen molar-refractivity contribution < 1.29 is 9.53 Å². The molecule has 2 aromatic carbocycles. The van der Waals surface area contributed by atoms with Crippen LogP contribution in [-0.4, -0.2) is 19.3 Å². The Labute approximate surface area is 143 Å². The van der Waals surface area contributed by atoms with Gasteiger partial charge in [0.1, 0.15) is 5.75 Å². The van der Waals surface area contributed by atoms with Gasteiger partial charge in [-0.1, -0.05) is 12.1 Å². The predicted octanol–water partition coefficient (Wildman–Crippen LogP) is 4.67. The van der Waals surface area contributed by atoms with Crippen LogP contribution in [0.1, 0.15) is 28.9 Å². The van der Waals surface area contributed by atoms with E-state index in [9.17, 15) is 4.79 Å². The first-order valence-corrected chi connectivity index (χ1v) is 8.85. The molecule has 0 bridgehead atoms. The quantitative estimate of drug-likeness (QED) is 0.766. The van der Waals surface area contributed by atoms with E-state index in [1.54, 1.807) is 37.1 Å². The molecule has 0 aromatic heterocycles. The summed E-state index contributed by atoms with van der Waals surface area (Å²) >= 11 is 5.10. The Morgan fingerprint density at radius 3 is 2.45 bits per heavy atom. The summed E-state index contributed by atoms with van der Waals surface area (Å²) in [5.41, 5.74) is 1.68. The van der Waals surface area contributed by atoms with Crippen LogP contribution < -0.4 is 10.1 Å². The van der Waals surface area contributed by atoms with Gasteiger partial charge in [0.15, 0.2) is 0 Å². The minimum absolute atomic E-state index is 0.0516. The number of carbonyl (C=O) groups is 1. The van der Waals surface area contributed by atoms with Gasteiger partial charge >= 0.3 is 0 Å². The van der Waals surface area contributed by atoms with Crippen LogP contribution in [-0.2, 0) is 0 Å². The van der Waals surface area contributed by atoms with Gasteiger partial charge < -0.3 is 10.1 Å². The molecule has 0 heterocycles. The molecule has 0 aliphatic carbocycles. The number of rotatable bonds is 5. The van der Waals surface area contributed by atoms with E-state index < -0.39 is 0 Å². The lowest BCUT2D eigenvalue weighted by Gasteiger charge is -2.15. The fourth-order valence-electron chi connectivity index (χ4n) is 2.06. The van der Waals surface area contributed by atoms with E-state index in [1.807, 2.05) is 25.3 Å². The molecule has 0 saturated carbocycles. The first-order valence-electron chi connectivity index (χ1n) is 6.83. The zero-order chi connectivity index (χ0) is 16.1. The van der Waals surface area contributed by atoms with E-state index in [2.05, 4.69) is 33.4 Å². The van der Waals surface area contributed by atoms with Gasteiger partial charge in [-0.2, -0.15) is 0 Å². The number of amides is 1. The van der Waals surface area contributed by atoms with Crippen molar-refractivity contribution in [3.63, 3.8) is 0 Å². The Hall–Kier alpha value is -1.46. The van der Waals surface area contributed by atoms with Crippen molar-refractivity contribution >= 4 is 33.6 Å². The molecular formula is C17H18BrNO2S. The SMILES string of the molecule is COc1ccc(C(=O)NC(C)c2ccc(SC)cc2)cc1Br. The van der Waals surface area contributed by atoms with E-state index in [1.165, 1.54) is 4.90 Å². The molecule has 5 heteroatoms. The summed E-state index contributed by atoms with van der Waals surface area (Å²) in [5.74, 6) is 0.599. The molecule has 1 unspecified atom stereocenters. The van der Waals surface area contributed by atoms with Gasteiger partial charge in [-0.15, -0.1) is 11.8 Å². The van der Waals surface area contributed by atoms with Crippen molar-refractivity contribution in [3.05, 3.63) is 58.1 Å². The molecule has 3 nitrogen and oxygen atoms in total. The number of halogens is 1. The van der Waals surface area contributed by atoms with E-state index in [0.717, 1.165) is 10.0 Å². The van der Waals surface area contributed by atoms with Crippen molar-refractivity contribution in [1.82, 2.24) is 5.32 Å². The van der Waals surface area contributed by atoms with Crippen molar-refractivity contribution in [3.8, 4) is 5.75 Å². The van der Waals surface area contributed by atoms with Gasteiger partial charge in [0.05, 0.1) is 17.6 Å². The van der Waals surface area contributed by atoms with E-state index in [4.69, 9.17) is 4.74 Å². The standard InChI is InChI=1S/C17H18BrNO2S/c1-11(12-4-7-14(22-3)8-5-12)19-17(20)13-6-9-16(21-2)15(18)10-13/h4-11H,1-3H3,(H,19,20). The molecule has 0 saturated heterocycles. The van der Waals surface area contributed by atoms with E-state index in [0.29, 0.717) is 11.3 Å². The molecule has 22 heavy (non-hydrogen) atoms. The first kappa shape index (κ1) is 16.9. The van der Waals surface area contributed by atoms with Crippen LogP contribution in [0, 0.1) is 0 Å². The van der Waals surface area contributed by atoms with E-state index in [-0.39, 0.29) is 11.9 Å². The van der Waals surface area contributed by atoms with Gasteiger partial charge in [-0.05, 0) is 65.0 Å². The molecule has 2 rings (SSSR count). The highest BCUT2D eigenvalue weighted by Crippen LogP contribution is 2.26. The average molecular weight is 380 g/mol. The molecule has 0 spiro atoms. The van der Waals surface area contributed by atoms with Crippen LogP contribution >= 0.6 is 27.7 Å². The molecule has 2 aromatic rings. The zero-order valence-corrected chi connectivity index (χ0v) is 15.1. The van der Waals surface area contributed by atoms with Crippen LogP contribution in [0.15, 0.2) is 51.8 Å². The van der Waals surface area contributed by atoms with Crippen molar-refractivity contribution in [1.29, 1.82) is 0 Å². The van der Waals surface area contributed by atoms with Gasteiger partial charge in [0.25, 0.3) is 5.91 Å². The van der Waals surface area contributed by atoms with Crippen molar-refractivity contribution in [2.24, 2.45) is 0 Å². The Morgan fingerprint density at radius 1 is 1.23 bits per heavy atom. The maximum absolute atomic E-state index is 12.3. The second-order valence-electron chi connectivity index (χ2n) is 4.82. The lowest BCUT2D eigenvalue weighted by Crippen LogP contribution is -2.26. The summed E-state index contributed by atoms with van der Waals surface area (Å²) in [6, 6.07) is 13.4. The number of thioether (sulfide) groups is 1. The van der Waals surface area contributed by atoms with Crippen molar-refractivity contribution in [2.75, 3.05) is 13.4 Å². The summed E-state index contributed by atoms with van der Waals surface area (Å²) in [6.45, 7) is 1.98. The summed E-state index contributed by atoms with van der Waals surface area (Å²) in [5, 5.41) is 3.01. The number of nitrogens with one attached hydrogen (secondary N) is 1. The zero-order valence-electron chi connectivity index (χ0n) is 12.7. The number of ether oxygens (including phenoxy) is 1. The maximum atomic E-state index is 12.3. The van der Waals surface area contributed by atoms with Gasteiger partial charge in [-0.3, -0.25) is 4.79 Å². The number of benzene rings is 2. The monoisotopic (exact) mass is 379 g/mol. The summed E-state index contributed by atoms with van der Waals surface area (Å²) < 4.78 is 5.93. The predicted molar refractivity (Wildman–Crippen MR) is 94.8 cm³/mol. The van der Waals surface area contributed by atoms with Crippen LogP contribution in [0.25, 0.3) is 0 Å². The molecule has 0 aliphatic rings. The maximum Gasteiger partial charge on any atom is 0.251 e. The molecule has 0 radical (unpaired) electrons. The topological polar surface area (TPSA) is 38.3 Å². The van der Waals surface area contributed by atoms with Gasteiger partial charge in [-0.25, -0.2) is 0 Å². The number of hydrogen-bond donors (Lipinski definition) is 1. The number of hydrogen-bond acceptors (Lipinski definition) is 3. The molecule has 1 N–H and O–H groups in total. The number of carbonyl (C=O) groups excluding carboxylic acids is 1. The second-order valence-corrected chi connectivity index (χ2v) is 6.55. The van der Waals surface area contributed by atoms with E-state index >= 15 is 0 Å². The second kappa shape index (κ2) is 7.70. The largest absolute Gasteiger partial charge is 0.496 e. The third-order valence-electron chi connectivity index (χ3n) is 3.38. The molecular weight excluding hydrogens is 362 g/mol. The lowest BCUT2D eigenvalue weighted by molar-refractivity contribution is 0.0940. The molecule has 0 fully saturated rings. The van der Waals surface area contributed by atoms with Gasteiger partial charge in [0, 0.05) is 10.5 Å². The molecule has 1 amide bonds. The average Bonchev–Trinajstić information content (AvgIpc) is 2.54. The first-order chi connectivity index (χ1) is 10.5. The normalized spacial score (nSPS) is 11.8. The van der Waals surface area contributed by atoms with Crippen LogP contribution in [0.3, 0.4) is 0 Å². The smallest absolute Gasteiger partial charge is 0.251 e.